The summed E-state index contributed by atoms with van der Waals surface area (Å²) in [6.07, 6.45) is 0. The van der Waals surface area contributed by atoms with Gasteiger partial charge in [-0.2, -0.15) is 10.5 Å². The summed E-state index contributed by atoms with van der Waals surface area (Å²) in [7, 11) is -0.552. The minimum absolute atomic E-state index is 0.0234. The van der Waals surface area contributed by atoms with Gasteiger partial charge in [-0.3, -0.25) is 0 Å². The third-order valence-electron chi connectivity index (χ3n) is 5.85. The number of hydrogen-bond acceptors (Lipinski definition) is 12. The van der Waals surface area contributed by atoms with Crippen LogP contribution in [0.25, 0.3) is 0 Å². The van der Waals surface area contributed by atoms with Gasteiger partial charge >= 0.3 is 14.2 Å². The van der Waals surface area contributed by atoms with Gasteiger partial charge in [0.25, 0.3) is 0 Å². The van der Waals surface area contributed by atoms with Crippen molar-refractivity contribution in [1.82, 2.24) is 0 Å². The highest BCUT2D eigenvalue weighted by molar-refractivity contribution is 6.63. The number of fused-ring (bicyclic) bond motifs is 2. The molecule has 0 radical (unpaired) electrons. The number of nitrogens with zero attached hydrogens (tertiary/aromatic N) is 2. The maximum absolute atomic E-state index is 9.85. The normalized spacial score (nSPS) is 16.4. The first-order valence-electron chi connectivity index (χ1n) is 12.2. The maximum atomic E-state index is 9.85. The topological polar surface area (TPSA) is 195 Å². The van der Waals surface area contributed by atoms with Gasteiger partial charge in [0.2, 0.25) is 0 Å². The fourth-order valence-corrected chi connectivity index (χ4v) is 3.79. The van der Waals surface area contributed by atoms with E-state index in [9.17, 15) is 10.0 Å². The molecule has 0 amide bonds. The van der Waals surface area contributed by atoms with Gasteiger partial charge in [-0.05, 0) is 44.0 Å². The van der Waals surface area contributed by atoms with Crippen LogP contribution in [0.15, 0.2) is 24.3 Å². The van der Waals surface area contributed by atoms with E-state index in [-0.39, 0.29) is 13.2 Å². The lowest BCUT2D eigenvalue weighted by Crippen LogP contribution is -2.41. The molecule has 0 fully saturated rings. The second-order valence-electron chi connectivity index (χ2n) is 9.53. The minimum Gasteiger partial charge on any atom is -0.493 e. The fraction of sp³-hybridized carbons (Fsp3) is 0.440. The van der Waals surface area contributed by atoms with Crippen LogP contribution in [0.2, 0.25) is 0 Å². The van der Waals surface area contributed by atoms with Crippen molar-refractivity contribution in [3.63, 3.8) is 0 Å². The Morgan fingerprint density at radius 2 is 1.28 bits per heavy atom. The molecule has 0 aliphatic carbocycles. The molecule has 0 saturated carbocycles. The Balaban J connectivity index is 0.000000216. The predicted octanol–water partition coefficient (Wildman–Crippen LogP) is -0.545. The number of methoxy groups -OCH3 is 1. The first-order valence-corrected chi connectivity index (χ1v) is 12.2. The molecule has 206 valence electrons. The van der Waals surface area contributed by atoms with Crippen molar-refractivity contribution >= 4 is 25.2 Å². The van der Waals surface area contributed by atoms with E-state index in [1.54, 1.807) is 32.0 Å². The van der Waals surface area contributed by atoms with Crippen LogP contribution in [0.4, 0.5) is 0 Å². The summed E-state index contributed by atoms with van der Waals surface area (Å²) in [6, 6.07) is 11.0. The lowest BCUT2D eigenvalue weighted by atomic mass is 9.78. The summed E-state index contributed by atoms with van der Waals surface area (Å²) < 4.78 is 32.2. The van der Waals surface area contributed by atoms with E-state index in [1.807, 2.05) is 25.1 Å². The molecule has 0 bridgehead atoms. The smallest absolute Gasteiger partial charge is 0.493 e. The Morgan fingerprint density at radius 1 is 0.846 bits per heavy atom. The van der Waals surface area contributed by atoms with E-state index in [0.29, 0.717) is 53.7 Å². The number of ether oxygens (including phenoxy) is 4. The number of nitriles is 2. The first kappa shape index (κ1) is 30.1. The zero-order valence-electron chi connectivity index (χ0n) is 22.4. The van der Waals surface area contributed by atoms with E-state index in [0.717, 1.165) is 11.1 Å². The zero-order valence-corrected chi connectivity index (χ0v) is 22.4. The van der Waals surface area contributed by atoms with Crippen molar-refractivity contribution in [2.45, 2.75) is 45.1 Å². The molecule has 14 heteroatoms. The molecule has 6 N–H and O–H groups in total. The van der Waals surface area contributed by atoms with Gasteiger partial charge < -0.3 is 49.8 Å². The van der Waals surface area contributed by atoms with Crippen LogP contribution in [0.5, 0.6) is 23.0 Å². The predicted molar refractivity (Wildman–Crippen MR) is 143 cm³/mol. The van der Waals surface area contributed by atoms with Crippen LogP contribution >= 0.6 is 0 Å². The molecule has 12 nitrogen and oxygen atoms in total. The van der Waals surface area contributed by atoms with Gasteiger partial charge in [0.1, 0.15) is 24.3 Å². The first-order chi connectivity index (χ1) is 18.5. The average molecular weight is 538 g/mol. The number of hydrogen-bond donors (Lipinski definition) is 4. The highest BCUT2D eigenvalue weighted by Crippen LogP contribution is 2.31. The van der Waals surface area contributed by atoms with Gasteiger partial charge in [-0.1, -0.05) is 12.1 Å². The summed E-state index contributed by atoms with van der Waals surface area (Å²) >= 11 is 0. The molecule has 0 spiro atoms. The van der Waals surface area contributed by atoms with Crippen molar-refractivity contribution < 1.29 is 38.3 Å². The van der Waals surface area contributed by atoms with Crippen molar-refractivity contribution in [1.29, 1.82) is 10.5 Å². The average Bonchev–Trinajstić information content (AvgIpc) is 3.49. The van der Waals surface area contributed by atoms with Crippen LogP contribution in [-0.4, -0.2) is 62.3 Å². The monoisotopic (exact) mass is 538 g/mol. The summed E-state index contributed by atoms with van der Waals surface area (Å²) in [4.78, 5) is 0. The molecule has 2 aromatic carbocycles. The quantitative estimate of drug-likeness (QED) is 0.298. The van der Waals surface area contributed by atoms with Gasteiger partial charge in [0, 0.05) is 10.9 Å². The molecular formula is C25H32B2N4O8. The van der Waals surface area contributed by atoms with Gasteiger partial charge in [-0.25, -0.2) is 0 Å². The third-order valence-corrected chi connectivity index (χ3v) is 5.85. The summed E-state index contributed by atoms with van der Waals surface area (Å²) in [6.45, 7) is 6.15. The Kier molecular flexibility index (Phi) is 9.69. The van der Waals surface area contributed by atoms with E-state index in [2.05, 4.69) is 0 Å². The molecule has 2 aliphatic heterocycles. The molecule has 39 heavy (non-hydrogen) atoms. The van der Waals surface area contributed by atoms with Crippen LogP contribution in [0.3, 0.4) is 0 Å². The standard InChI is InChI=1S/C13H17BN2O4.C12H15BN2O4/c1-3-18-12-10(19-8-13(2,16)7-15)5-4-9-6-20-14(17)11(9)12;1-12(15,6-14)7-18-9-4-3-8-5-19-13(16)10(8)11(9)17-2/h4-5,17H,3,6,8,16H2,1-2H3;3-4,16H,5,7,15H2,1-2H3. The van der Waals surface area contributed by atoms with E-state index >= 15 is 0 Å². The fourth-order valence-electron chi connectivity index (χ4n) is 3.79. The highest BCUT2D eigenvalue weighted by Gasteiger charge is 2.34. The summed E-state index contributed by atoms with van der Waals surface area (Å²) in [5, 5.41) is 37.4. The number of nitrogens with two attached hydrogens (primary N) is 2. The van der Waals surface area contributed by atoms with Crippen molar-refractivity contribution in [2.75, 3.05) is 26.9 Å². The Morgan fingerprint density at radius 3 is 1.69 bits per heavy atom. The van der Waals surface area contributed by atoms with Crippen molar-refractivity contribution in [3.05, 3.63) is 35.4 Å². The molecule has 0 saturated heterocycles. The van der Waals surface area contributed by atoms with Gasteiger partial charge in [0.15, 0.2) is 23.0 Å². The third kappa shape index (κ3) is 7.13. The molecule has 2 atom stereocenters. The molecule has 2 heterocycles. The molecular weight excluding hydrogens is 506 g/mol. The van der Waals surface area contributed by atoms with Gasteiger partial charge in [0.05, 0.1) is 39.1 Å². The Bertz CT molecular complexity index is 1260. The van der Waals surface area contributed by atoms with Crippen LogP contribution < -0.4 is 41.3 Å². The lowest BCUT2D eigenvalue weighted by Gasteiger charge is -2.19. The molecule has 2 aromatic rings. The summed E-state index contributed by atoms with van der Waals surface area (Å²) in [5.74, 6) is 1.74. The molecule has 0 aromatic heterocycles. The second-order valence-corrected chi connectivity index (χ2v) is 9.53. The largest absolute Gasteiger partial charge is 0.495 e. The Labute approximate surface area is 228 Å². The molecule has 2 aliphatic rings. The highest BCUT2D eigenvalue weighted by atomic mass is 16.5. The van der Waals surface area contributed by atoms with Crippen molar-refractivity contribution in [3.8, 4) is 35.1 Å². The van der Waals surface area contributed by atoms with E-state index in [1.165, 1.54) is 7.11 Å². The lowest BCUT2D eigenvalue weighted by molar-refractivity contribution is 0.244. The van der Waals surface area contributed by atoms with E-state index in [4.69, 9.17) is 50.2 Å². The number of benzene rings is 2. The maximum Gasteiger partial charge on any atom is 0.495 e. The second kappa shape index (κ2) is 12.6. The molecule has 2 unspecified atom stereocenters. The minimum atomic E-state index is -1.09. The van der Waals surface area contributed by atoms with E-state index < -0.39 is 25.3 Å². The SMILES string of the molecule is CCOc1c(OCC(C)(N)C#N)ccc2c1B(O)OC2.COc1c(OCC(C)(N)C#N)ccc2c1B(O)OC2. The summed E-state index contributed by atoms with van der Waals surface area (Å²) in [5.41, 5.74) is 12.1. The van der Waals surface area contributed by atoms with Crippen LogP contribution in [-0.2, 0) is 22.5 Å². The molecule has 4 rings (SSSR count). The zero-order chi connectivity index (χ0) is 28.8. The van der Waals surface area contributed by atoms with Crippen molar-refractivity contribution in [2.24, 2.45) is 11.5 Å². The van der Waals surface area contributed by atoms with Crippen LogP contribution in [0, 0.1) is 22.7 Å². The van der Waals surface area contributed by atoms with Crippen LogP contribution in [0.1, 0.15) is 31.9 Å². The Hall–Kier alpha value is -3.49. The van der Waals surface area contributed by atoms with Gasteiger partial charge in [-0.15, -0.1) is 0 Å². The number of rotatable bonds is 9.